The van der Waals surface area contributed by atoms with Gasteiger partial charge in [0, 0.05) is 53.8 Å². The second kappa shape index (κ2) is 9.24. The number of hydrogen-bond acceptors (Lipinski definition) is 6. The minimum absolute atomic E-state index is 0.0881. The summed E-state index contributed by atoms with van der Waals surface area (Å²) in [6.45, 7) is 3.68. The summed E-state index contributed by atoms with van der Waals surface area (Å²) in [6, 6.07) is 19.1. The zero-order chi connectivity index (χ0) is 21.9. The molecule has 0 spiro atoms. The Bertz CT molecular complexity index is 1200. The van der Waals surface area contributed by atoms with Crippen LogP contribution in [0.25, 0.3) is 22.6 Å². The molecule has 4 aromatic rings. The van der Waals surface area contributed by atoms with Crippen LogP contribution in [-0.2, 0) is 6.54 Å². The fourth-order valence-corrected chi connectivity index (χ4v) is 4.68. The van der Waals surface area contributed by atoms with Gasteiger partial charge >= 0.3 is 0 Å². The first kappa shape index (κ1) is 20.9. The molecule has 2 aromatic carbocycles. The maximum Gasteiger partial charge on any atom is 0.276 e. The Morgan fingerprint density at radius 3 is 2.50 bits per heavy atom. The lowest BCUT2D eigenvalue weighted by molar-refractivity contribution is 0.0618. The van der Waals surface area contributed by atoms with Gasteiger partial charge in [0.05, 0.1) is 12.2 Å². The Labute approximate surface area is 195 Å². The van der Waals surface area contributed by atoms with E-state index in [-0.39, 0.29) is 5.91 Å². The molecule has 162 valence electrons. The summed E-state index contributed by atoms with van der Waals surface area (Å²) in [5.41, 5.74) is 3.29. The van der Waals surface area contributed by atoms with Crippen LogP contribution in [0.5, 0.6) is 0 Å². The zero-order valence-corrected chi connectivity index (χ0v) is 18.9. The SMILES string of the molecule is O=C(c1cc(-c2ccccc2)on1)N1CCN(Cc2nc(-c3ccc(Cl)cc3)cs2)CC1. The fourth-order valence-electron chi connectivity index (χ4n) is 3.71. The highest BCUT2D eigenvalue weighted by Gasteiger charge is 2.25. The second-order valence-corrected chi connectivity index (χ2v) is 9.02. The summed E-state index contributed by atoms with van der Waals surface area (Å²) in [7, 11) is 0. The van der Waals surface area contributed by atoms with Gasteiger partial charge in [-0.3, -0.25) is 9.69 Å². The van der Waals surface area contributed by atoms with Crippen LogP contribution < -0.4 is 0 Å². The summed E-state index contributed by atoms with van der Waals surface area (Å²) in [5.74, 6) is 0.516. The highest BCUT2D eigenvalue weighted by Crippen LogP contribution is 2.25. The zero-order valence-electron chi connectivity index (χ0n) is 17.3. The molecule has 1 saturated heterocycles. The number of piperazine rings is 1. The van der Waals surface area contributed by atoms with Crippen molar-refractivity contribution in [2.45, 2.75) is 6.54 Å². The molecule has 0 bridgehead atoms. The van der Waals surface area contributed by atoms with Gasteiger partial charge in [-0.1, -0.05) is 59.2 Å². The molecule has 0 aliphatic carbocycles. The summed E-state index contributed by atoms with van der Waals surface area (Å²) >= 11 is 7.63. The van der Waals surface area contributed by atoms with E-state index in [2.05, 4.69) is 15.4 Å². The number of thiazole rings is 1. The van der Waals surface area contributed by atoms with E-state index >= 15 is 0 Å². The highest BCUT2D eigenvalue weighted by molar-refractivity contribution is 7.09. The van der Waals surface area contributed by atoms with E-state index < -0.39 is 0 Å². The van der Waals surface area contributed by atoms with Gasteiger partial charge in [-0.2, -0.15) is 0 Å². The van der Waals surface area contributed by atoms with Crippen LogP contribution >= 0.6 is 22.9 Å². The van der Waals surface area contributed by atoms with Crippen LogP contribution in [0.3, 0.4) is 0 Å². The van der Waals surface area contributed by atoms with Crippen LogP contribution in [0.1, 0.15) is 15.5 Å². The molecule has 32 heavy (non-hydrogen) atoms. The summed E-state index contributed by atoms with van der Waals surface area (Å²) in [5, 5.41) is 7.86. The molecule has 3 heterocycles. The average molecular weight is 465 g/mol. The largest absolute Gasteiger partial charge is 0.355 e. The van der Waals surface area contributed by atoms with E-state index in [4.69, 9.17) is 21.1 Å². The molecule has 6 nitrogen and oxygen atoms in total. The number of hydrogen-bond donors (Lipinski definition) is 0. The standard InChI is InChI=1S/C24H21ClN4O2S/c25-19-8-6-17(7-9-19)21-16-32-23(26-21)15-28-10-12-29(13-11-28)24(30)20-14-22(31-27-20)18-4-2-1-3-5-18/h1-9,14,16H,10-13,15H2. The van der Waals surface area contributed by atoms with Crippen molar-refractivity contribution in [2.24, 2.45) is 0 Å². The van der Waals surface area contributed by atoms with Gasteiger partial charge in [0.1, 0.15) is 5.01 Å². The number of benzene rings is 2. The predicted octanol–water partition coefficient (Wildman–Crippen LogP) is 5.08. The topological polar surface area (TPSA) is 62.5 Å². The Morgan fingerprint density at radius 2 is 1.75 bits per heavy atom. The molecule has 0 atom stereocenters. The van der Waals surface area contributed by atoms with Crippen molar-refractivity contribution in [3.8, 4) is 22.6 Å². The molecular weight excluding hydrogens is 444 g/mol. The van der Waals surface area contributed by atoms with Gasteiger partial charge in [0.15, 0.2) is 11.5 Å². The van der Waals surface area contributed by atoms with Gasteiger partial charge in [-0.05, 0) is 12.1 Å². The lowest BCUT2D eigenvalue weighted by Crippen LogP contribution is -2.48. The Morgan fingerprint density at radius 1 is 1.00 bits per heavy atom. The maximum absolute atomic E-state index is 12.9. The number of amides is 1. The second-order valence-electron chi connectivity index (χ2n) is 7.64. The molecule has 1 aliphatic rings. The van der Waals surface area contributed by atoms with Gasteiger partial charge in [-0.25, -0.2) is 4.98 Å². The monoisotopic (exact) mass is 464 g/mol. The fraction of sp³-hybridized carbons (Fsp3) is 0.208. The number of rotatable bonds is 5. The Hall–Kier alpha value is -3.00. The lowest BCUT2D eigenvalue weighted by atomic mass is 10.1. The van der Waals surface area contributed by atoms with E-state index in [1.165, 1.54) is 0 Å². The third-order valence-corrected chi connectivity index (χ3v) is 6.58. The molecule has 1 fully saturated rings. The van der Waals surface area contributed by atoms with Crippen LogP contribution in [-0.4, -0.2) is 52.0 Å². The van der Waals surface area contributed by atoms with Crippen LogP contribution in [0.15, 0.2) is 70.6 Å². The molecule has 5 rings (SSSR count). The number of carbonyl (C=O) groups excluding carboxylic acids is 1. The highest BCUT2D eigenvalue weighted by atomic mass is 35.5. The summed E-state index contributed by atoms with van der Waals surface area (Å²) < 4.78 is 5.39. The van der Waals surface area contributed by atoms with Crippen LogP contribution in [0.4, 0.5) is 0 Å². The van der Waals surface area contributed by atoms with Crippen molar-refractivity contribution in [1.82, 2.24) is 19.9 Å². The minimum atomic E-state index is -0.0881. The first-order chi connectivity index (χ1) is 15.7. The van der Waals surface area contributed by atoms with Gasteiger partial charge in [-0.15, -0.1) is 11.3 Å². The van der Waals surface area contributed by atoms with Crippen LogP contribution in [0, 0.1) is 0 Å². The number of carbonyl (C=O) groups is 1. The van der Waals surface area contributed by atoms with Gasteiger partial charge in [0.25, 0.3) is 5.91 Å². The molecular formula is C24H21ClN4O2S. The van der Waals surface area contributed by atoms with Gasteiger partial charge in [0.2, 0.25) is 0 Å². The third kappa shape index (κ3) is 4.60. The van der Waals surface area contributed by atoms with E-state index in [0.717, 1.165) is 46.5 Å². The minimum Gasteiger partial charge on any atom is -0.355 e. The first-order valence-corrected chi connectivity index (χ1v) is 11.7. The van der Waals surface area contributed by atoms with E-state index in [9.17, 15) is 4.79 Å². The number of halogens is 1. The molecule has 0 saturated carbocycles. The molecule has 0 N–H and O–H groups in total. The lowest BCUT2D eigenvalue weighted by Gasteiger charge is -2.33. The van der Waals surface area contributed by atoms with Gasteiger partial charge < -0.3 is 9.42 Å². The third-order valence-electron chi connectivity index (χ3n) is 5.50. The predicted molar refractivity (Wildman–Crippen MR) is 126 cm³/mol. The molecule has 0 unspecified atom stereocenters. The van der Waals surface area contributed by atoms with E-state index in [0.29, 0.717) is 24.5 Å². The molecule has 1 amide bonds. The van der Waals surface area contributed by atoms with Crippen molar-refractivity contribution in [2.75, 3.05) is 26.2 Å². The normalized spacial score (nSPS) is 14.6. The molecule has 8 heteroatoms. The van der Waals surface area contributed by atoms with Crippen LogP contribution in [0.2, 0.25) is 5.02 Å². The Kier molecular flexibility index (Phi) is 6.03. The molecule has 1 aliphatic heterocycles. The molecule has 0 radical (unpaired) electrons. The first-order valence-electron chi connectivity index (χ1n) is 10.4. The van der Waals surface area contributed by atoms with E-state index in [1.54, 1.807) is 17.4 Å². The van der Waals surface area contributed by atoms with Crippen molar-refractivity contribution in [1.29, 1.82) is 0 Å². The number of nitrogens with zero attached hydrogens (tertiary/aromatic N) is 4. The Balaban J connectivity index is 1.17. The number of aromatic nitrogens is 2. The van der Waals surface area contributed by atoms with E-state index in [1.807, 2.05) is 59.5 Å². The van der Waals surface area contributed by atoms with Crippen molar-refractivity contribution in [3.63, 3.8) is 0 Å². The molecule has 2 aromatic heterocycles. The van der Waals surface area contributed by atoms with Crippen molar-refractivity contribution >= 4 is 28.8 Å². The van der Waals surface area contributed by atoms with Crippen molar-refractivity contribution in [3.05, 3.63) is 81.8 Å². The summed E-state index contributed by atoms with van der Waals surface area (Å²) in [6.07, 6.45) is 0. The maximum atomic E-state index is 12.9. The van der Waals surface area contributed by atoms with Crippen molar-refractivity contribution < 1.29 is 9.32 Å². The average Bonchev–Trinajstić information content (AvgIpc) is 3.51. The smallest absolute Gasteiger partial charge is 0.276 e. The summed E-state index contributed by atoms with van der Waals surface area (Å²) in [4.78, 5) is 21.8. The quantitative estimate of drug-likeness (QED) is 0.412.